The molecule has 0 radical (unpaired) electrons. The minimum Gasteiger partial charge on any atom is -0.254 e. The van der Waals surface area contributed by atoms with E-state index in [1.807, 2.05) is 19.9 Å². The van der Waals surface area contributed by atoms with E-state index in [1.54, 1.807) is 0 Å². The van der Waals surface area contributed by atoms with Crippen molar-refractivity contribution in [2.75, 3.05) is 5.75 Å². The van der Waals surface area contributed by atoms with Gasteiger partial charge in [0.2, 0.25) is 0 Å². The Kier molecular flexibility index (Phi) is 4.33. The minimum absolute atomic E-state index is 0.792. The zero-order chi connectivity index (χ0) is 10.6. The quantitative estimate of drug-likeness (QED) is 0.746. The Morgan fingerprint density at radius 3 is 2.64 bits per heavy atom. The number of hydrogen-bond acceptors (Lipinski definition) is 1. The Bertz CT molecular complexity index is 331. The van der Waals surface area contributed by atoms with Crippen LogP contribution in [0.4, 0.5) is 0 Å². The Hall–Kier alpha value is -0.630. The first kappa shape index (κ1) is 11.4. The first-order chi connectivity index (χ1) is 6.65. The van der Waals surface area contributed by atoms with Crippen LogP contribution in [0.15, 0.2) is 23.1 Å². The Labute approximate surface area is 89.0 Å². The molecule has 0 saturated heterocycles. The summed E-state index contributed by atoms with van der Waals surface area (Å²) in [5.41, 5.74) is 2.33. The maximum atomic E-state index is 11.9. The molecule has 14 heavy (non-hydrogen) atoms. The molecule has 0 fully saturated rings. The normalized spacial score (nSPS) is 12.8. The molecule has 0 aliphatic rings. The zero-order valence-electron chi connectivity index (χ0n) is 9.17. The topological polar surface area (TPSA) is 17.1 Å². The van der Waals surface area contributed by atoms with Crippen molar-refractivity contribution in [3.05, 3.63) is 29.3 Å². The van der Waals surface area contributed by atoms with Crippen molar-refractivity contribution in [2.24, 2.45) is 0 Å². The van der Waals surface area contributed by atoms with Crippen molar-refractivity contribution in [1.82, 2.24) is 0 Å². The number of rotatable bonds is 4. The van der Waals surface area contributed by atoms with Gasteiger partial charge in [0.1, 0.15) is 0 Å². The second kappa shape index (κ2) is 5.30. The van der Waals surface area contributed by atoms with Crippen LogP contribution in [0.1, 0.15) is 30.9 Å². The Balaban J connectivity index is 2.83. The maximum Gasteiger partial charge on any atom is 0.0532 e. The third kappa shape index (κ3) is 2.95. The van der Waals surface area contributed by atoms with Gasteiger partial charge in [-0.3, -0.25) is 4.21 Å². The van der Waals surface area contributed by atoms with E-state index in [0.717, 1.165) is 29.1 Å². The molecule has 0 heterocycles. The van der Waals surface area contributed by atoms with Crippen LogP contribution in [0.3, 0.4) is 0 Å². The van der Waals surface area contributed by atoms with Crippen LogP contribution in [-0.4, -0.2) is 9.96 Å². The second-order valence-electron chi connectivity index (χ2n) is 3.67. The predicted molar refractivity (Wildman–Crippen MR) is 62.1 cm³/mol. The fourth-order valence-corrected chi connectivity index (χ4v) is 2.85. The number of unbranched alkanes of at least 4 members (excludes halogenated alkanes) is 1. The van der Waals surface area contributed by atoms with Gasteiger partial charge in [0.15, 0.2) is 0 Å². The van der Waals surface area contributed by atoms with Crippen LogP contribution in [0.5, 0.6) is 0 Å². The Morgan fingerprint density at radius 2 is 2.00 bits per heavy atom. The van der Waals surface area contributed by atoms with Gasteiger partial charge in [-0.15, -0.1) is 0 Å². The summed E-state index contributed by atoms with van der Waals surface area (Å²) in [6.45, 7) is 6.19. The van der Waals surface area contributed by atoms with Crippen LogP contribution in [0, 0.1) is 13.8 Å². The summed E-state index contributed by atoms with van der Waals surface area (Å²) in [6.07, 6.45) is 2.15. The second-order valence-corrected chi connectivity index (χ2v) is 5.21. The van der Waals surface area contributed by atoms with Crippen molar-refractivity contribution in [3.63, 3.8) is 0 Å². The van der Waals surface area contributed by atoms with Crippen molar-refractivity contribution in [1.29, 1.82) is 0 Å². The molecule has 0 aliphatic heterocycles. The van der Waals surface area contributed by atoms with Gasteiger partial charge in [-0.05, 0) is 37.5 Å². The first-order valence-corrected chi connectivity index (χ1v) is 6.42. The van der Waals surface area contributed by atoms with Gasteiger partial charge in [-0.1, -0.05) is 25.5 Å². The molecule has 1 atom stereocenters. The first-order valence-electron chi connectivity index (χ1n) is 5.10. The maximum absolute atomic E-state index is 11.9. The Morgan fingerprint density at radius 1 is 1.29 bits per heavy atom. The lowest BCUT2D eigenvalue weighted by Crippen LogP contribution is -2.00. The highest BCUT2D eigenvalue weighted by Gasteiger charge is 2.06. The van der Waals surface area contributed by atoms with Crippen LogP contribution < -0.4 is 0 Å². The molecule has 0 aromatic heterocycles. The highest BCUT2D eigenvalue weighted by Crippen LogP contribution is 2.15. The predicted octanol–water partition coefficient (Wildman–Crippen LogP) is 3.21. The molecule has 1 aromatic rings. The third-order valence-electron chi connectivity index (χ3n) is 2.27. The van der Waals surface area contributed by atoms with Crippen molar-refractivity contribution >= 4 is 10.8 Å². The van der Waals surface area contributed by atoms with Crippen LogP contribution >= 0.6 is 0 Å². The van der Waals surface area contributed by atoms with E-state index in [4.69, 9.17) is 0 Å². The smallest absolute Gasteiger partial charge is 0.0532 e. The van der Waals surface area contributed by atoms with E-state index in [0.29, 0.717) is 0 Å². The number of benzene rings is 1. The molecule has 0 amide bonds. The summed E-state index contributed by atoms with van der Waals surface area (Å²) in [5, 5.41) is 0. The van der Waals surface area contributed by atoms with E-state index in [2.05, 4.69) is 19.1 Å². The summed E-state index contributed by atoms with van der Waals surface area (Å²) in [4.78, 5) is 1.01. The molecule has 1 aromatic carbocycles. The van der Waals surface area contributed by atoms with Crippen molar-refractivity contribution < 1.29 is 4.21 Å². The van der Waals surface area contributed by atoms with Crippen LogP contribution in [0.2, 0.25) is 0 Å². The fraction of sp³-hybridized carbons (Fsp3) is 0.500. The molecule has 0 aliphatic carbocycles. The minimum atomic E-state index is -0.805. The van der Waals surface area contributed by atoms with Gasteiger partial charge in [-0.25, -0.2) is 0 Å². The molecule has 2 heteroatoms. The summed E-state index contributed by atoms with van der Waals surface area (Å²) in [7, 11) is -0.805. The molecule has 1 unspecified atom stereocenters. The lowest BCUT2D eigenvalue weighted by molar-refractivity contribution is 0.679. The average molecular weight is 210 g/mol. The average Bonchev–Trinajstić information content (AvgIpc) is 2.18. The van der Waals surface area contributed by atoms with E-state index in [9.17, 15) is 4.21 Å². The van der Waals surface area contributed by atoms with E-state index >= 15 is 0 Å². The van der Waals surface area contributed by atoms with Gasteiger partial charge >= 0.3 is 0 Å². The largest absolute Gasteiger partial charge is 0.254 e. The molecular weight excluding hydrogens is 192 g/mol. The van der Waals surface area contributed by atoms with Crippen molar-refractivity contribution in [3.8, 4) is 0 Å². The molecule has 0 saturated carbocycles. The van der Waals surface area contributed by atoms with E-state index in [-0.39, 0.29) is 0 Å². The van der Waals surface area contributed by atoms with Gasteiger partial charge in [0.05, 0.1) is 10.8 Å². The molecule has 0 bridgehead atoms. The van der Waals surface area contributed by atoms with Gasteiger partial charge < -0.3 is 0 Å². The van der Waals surface area contributed by atoms with Crippen LogP contribution in [0.25, 0.3) is 0 Å². The fourth-order valence-electron chi connectivity index (χ4n) is 1.34. The summed E-state index contributed by atoms with van der Waals surface area (Å²) >= 11 is 0. The van der Waals surface area contributed by atoms with E-state index < -0.39 is 10.8 Å². The molecule has 0 N–H and O–H groups in total. The highest BCUT2D eigenvalue weighted by atomic mass is 32.2. The van der Waals surface area contributed by atoms with Crippen LogP contribution in [-0.2, 0) is 10.8 Å². The van der Waals surface area contributed by atoms with Gasteiger partial charge in [-0.2, -0.15) is 0 Å². The van der Waals surface area contributed by atoms with Gasteiger partial charge in [0, 0.05) is 10.6 Å². The van der Waals surface area contributed by atoms with Gasteiger partial charge in [0.25, 0.3) is 0 Å². The highest BCUT2D eigenvalue weighted by molar-refractivity contribution is 7.85. The molecular formula is C12H18OS. The zero-order valence-corrected chi connectivity index (χ0v) is 9.99. The lowest BCUT2D eigenvalue weighted by Gasteiger charge is -2.06. The molecule has 1 rings (SSSR count). The molecule has 78 valence electrons. The standard InChI is InChI=1S/C12H18OS/c1-4-5-8-14(13)12-9-10(2)6-7-11(12)3/h6-7,9H,4-5,8H2,1-3H3. The SMILES string of the molecule is CCCCS(=O)c1cc(C)ccc1C. The monoisotopic (exact) mass is 210 g/mol. The summed E-state index contributed by atoms with van der Waals surface area (Å²) in [6, 6.07) is 6.16. The summed E-state index contributed by atoms with van der Waals surface area (Å²) in [5.74, 6) is 0.792. The molecule has 0 spiro atoms. The lowest BCUT2D eigenvalue weighted by atomic mass is 10.2. The molecule has 1 nitrogen and oxygen atoms in total. The van der Waals surface area contributed by atoms with Crippen molar-refractivity contribution in [2.45, 2.75) is 38.5 Å². The number of aryl methyl sites for hydroxylation is 2. The third-order valence-corrected chi connectivity index (χ3v) is 3.86. The summed E-state index contributed by atoms with van der Waals surface area (Å²) < 4.78 is 11.9. The van der Waals surface area contributed by atoms with E-state index in [1.165, 1.54) is 5.56 Å². The number of hydrogen-bond donors (Lipinski definition) is 0.